The van der Waals surface area contributed by atoms with Crippen LogP contribution in [-0.4, -0.2) is 12.5 Å². The summed E-state index contributed by atoms with van der Waals surface area (Å²) in [4.78, 5) is 2.21. The van der Waals surface area contributed by atoms with Crippen molar-refractivity contribution in [2.24, 2.45) is 0 Å². The van der Waals surface area contributed by atoms with Gasteiger partial charge in [-0.15, -0.1) is 0 Å². The van der Waals surface area contributed by atoms with E-state index in [1.807, 2.05) is 0 Å². The summed E-state index contributed by atoms with van der Waals surface area (Å²) in [6.07, 6.45) is 0. The number of rotatable bonds is 2. The maximum Gasteiger partial charge on any atom is 0.0732 e. The number of aryl methyl sites for hydroxylation is 3. The van der Waals surface area contributed by atoms with Crippen LogP contribution in [0.15, 0.2) is 12.1 Å². The van der Waals surface area contributed by atoms with E-state index in [2.05, 4.69) is 60.8 Å². The quantitative estimate of drug-likeness (QED) is 0.567. The van der Waals surface area contributed by atoms with E-state index >= 15 is 0 Å². The maximum absolute atomic E-state index is 3.46. The number of nitrogens with zero attached hydrogens (tertiary/aromatic N) is 1. The molecule has 0 bridgehead atoms. The van der Waals surface area contributed by atoms with Gasteiger partial charge in [-0.1, -0.05) is 33.6 Å². The van der Waals surface area contributed by atoms with Crippen molar-refractivity contribution in [2.75, 3.05) is 17.4 Å². The molecule has 1 nitrogen and oxygen atoms in total. The Hall–Kier alpha value is -0.500. The van der Waals surface area contributed by atoms with Gasteiger partial charge in [0.25, 0.3) is 0 Å². The largest absolute Gasteiger partial charge is 0.364 e. The van der Waals surface area contributed by atoms with Crippen molar-refractivity contribution in [1.29, 1.82) is 0 Å². The lowest BCUT2D eigenvalue weighted by Gasteiger charge is -2.21. The third kappa shape index (κ3) is 2.25. The molecule has 0 heterocycles. The molecule has 0 unspecified atom stereocenters. The van der Waals surface area contributed by atoms with Gasteiger partial charge in [-0.3, -0.25) is 0 Å². The zero-order valence-electron chi connectivity index (χ0n) is 8.69. The van der Waals surface area contributed by atoms with Gasteiger partial charge in [-0.2, -0.15) is 0 Å². The van der Waals surface area contributed by atoms with E-state index in [-0.39, 0.29) is 0 Å². The van der Waals surface area contributed by atoms with Crippen LogP contribution in [0.3, 0.4) is 0 Å². The van der Waals surface area contributed by atoms with Crippen molar-refractivity contribution in [3.63, 3.8) is 0 Å². The molecule has 0 fully saturated rings. The van der Waals surface area contributed by atoms with Gasteiger partial charge in [0, 0.05) is 12.7 Å². The number of benzene rings is 1. The molecule has 0 spiro atoms. The number of hydrogen-bond donors (Lipinski definition) is 0. The molecular formula is C11H16BrN. The Balaban J connectivity index is 3.20. The van der Waals surface area contributed by atoms with Gasteiger partial charge in [0.2, 0.25) is 0 Å². The Morgan fingerprint density at radius 1 is 1.15 bits per heavy atom. The lowest BCUT2D eigenvalue weighted by Crippen LogP contribution is -2.16. The molecule has 0 aliphatic rings. The van der Waals surface area contributed by atoms with Crippen LogP contribution < -0.4 is 4.90 Å². The molecule has 0 saturated heterocycles. The lowest BCUT2D eigenvalue weighted by atomic mass is 10.0. The highest BCUT2D eigenvalue weighted by molar-refractivity contribution is 9.09. The van der Waals surface area contributed by atoms with Crippen LogP contribution in [0.2, 0.25) is 0 Å². The Bertz CT molecular complexity index is 284. The zero-order chi connectivity index (χ0) is 10.0. The summed E-state index contributed by atoms with van der Waals surface area (Å²) in [5, 5.41) is 0. The molecule has 0 saturated carbocycles. The molecule has 0 amide bonds. The number of hydrogen-bond acceptors (Lipinski definition) is 1. The maximum atomic E-state index is 3.46. The van der Waals surface area contributed by atoms with E-state index in [1.165, 1.54) is 22.4 Å². The topological polar surface area (TPSA) is 3.24 Å². The fourth-order valence-corrected chi connectivity index (χ4v) is 2.09. The molecule has 0 aliphatic heterocycles. The van der Waals surface area contributed by atoms with Crippen molar-refractivity contribution >= 4 is 21.6 Å². The normalized spacial score (nSPS) is 10.2. The number of halogens is 1. The van der Waals surface area contributed by atoms with Crippen LogP contribution in [0.5, 0.6) is 0 Å². The minimum Gasteiger partial charge on any atom is -0.364 e. The number of alkyl halides is 1. The fraction of sp³-hybridized carbons (Fsp3) is 0.455. The molecule has 0 N–H and O–H groups in total. The molecule has 1 aromatic carbocycles. The Labute approximate surface area is 88.9 Å². The van der Waals surface area contributed by atoms with Crippen LogP contribution in [-0.2, 0) is 0 Å². The van der Waals surface area contributed by atoms with Crippen molar-refractivity contribution in [3.05, 3.63) is 28.8 Å². The predicted octanol–water partition coefficient (Wildman–Crippen LogP) is 3.40. The summed E-state index contributed by atoms with van der Waals surface area (Å²) >= 11 is 3.46. The van der Waals surface area contributed by atoms with Crippen LogP contribution in [0, 0.1) is 20.8 Å². The van der Waals surface area contributed by atoms with Crippen LogP contribution in [0.25, 0.3) is 0 Å². The molecule has 72 valence electrons. The van der Waals surface area contributed by atoms with Gasteiger partial charge in [-0.05, 0) is 31.9 Å². The first-order valence-electron chi connectivity index (χ1n) is 4.41. The highest BCUT2D eigenvalue weighted by atomic mass is 79.9. The van der Waals surface area contributed by atoms with E-state index in [0.717, 1.165) is 5.45 Å². The third-order valence-electron chi connectivity index (χ3n) is 2.20. The average Bonchev–Trinajstić information content (AvgIpc) is 2.02. The average molecular weight is 242 g/mol. The minimum absolute atomic E-state index is 0.873. The first-order valence-corrected chi connectivity index (χ1v) is 5.53. The number of anilines is 1. The predicted molar refractivity (Wildman–Crippen MR) is 62.9 cm³/mol. The van der Waals surface area contributed by atoms with Crippen molar-refractivity contribution < 1.29 is 0 Å². The standard InChI is InChI=1S/C11H16BrN/c1-8-5-9(2)11(10(3)6-8)13(4)7-12/h5-6H,7H2,1-4H3. The minimum atomic E-state index is 0.873. The van der Waals surface area contributed by atoms with Gasteiger partial charge < -0.3 is 4.90 Å². The van der Waals surface area contributed by atoms with Gasteiger partial charge in [0.1, 0.15) is 0 Å². The summed E-state index contributed by atoms with van der Waals surface area (Å²) in [7, 11) is 2.10. The third-order valence-corrected chi connectivity index (χ3v) is 2.95. The van der Waals surface area contributed by atoms with E-state index in [4.69, 9.17) is 0 Å². The monoisotopic (exact) mass is 241 g/mol. The van der Waals surface area contributed by atoms with Crippen molar-refractivity contribution in [2.45, 2.75) is 20.8 Å². The lowest BCUT2D eigenvalue weighted by molar-refractivity contribution is 1.07. The Kier molecular flexibility index (Phi) is 3.37. The second kappa shape index (κ2) is 4.14. The summed E-state index contributed by atoms with van der Waals surface area (Å²) in [5.74, 6) is 0. The highest BCUT2D eigenvalue weighted by Gasteiger charge is 2.06. The summed E-state index contributed by atoms with van der Waals surface area (Å²) in [6, 6.07) is 4.45. The molecule has 13 heavy (non-hydrogen) atoms. The molecule has 2 heteroatoms. The van der Waals surface area contributed by atoms with Gasteiger partial charge in [-0.25, -0.2) is 0 Å². The molecule has 1 aromatic rings. The van der Waals surface area contributed by atoms with E-state index in [9.17, 15) is 0 Å². The fourth-order valence-electron chi connectivity index (χ4n) is 1.83. The van der Waals surface area contributed by atoms with Crippen molar-refractivity contribution in [3.8, 4) is 0 Å². The molecule has 0 aromatic heterocycles. The van der Waals surface area contributed by atoms with Gasteiger partial charge in [0.15, 0.2) is 0 Å². The first-order chi connectivity index (χ1) is 6.06. The highest BCUT2D eigenvalue weighted by Crippen LogP contribution is 2.25. The smallest absolute Gasteiger partial charge is 0.0732 e. The summed E-state index contributed by atoms with van der Waals surface area (Å²) < 4.78 is 0. The molecular weight excluding hydrogens is 226 g/mol. The second-order valence-electron chi connectivity index (χ2n) is 3.56. The van der Waals surface area contributed by atoms with E-state index in [0.29, 0.717) is 0 Å². The van der Waals surface area contributed by atoms with Gasteiger partial charge >= 0.3 is 0 Å². The summed E-state index contributed by atoms with van der Waals surface area (Å²) in [5.41, 5.74) is 6.24. The van der Waals surface area contributed by atoms with E-state index < -0.39 is 0 Å². The SMILES string of the molecule is Cc1cc(C)c(N(C)CBr)c(C)c1. The van der Waals surface area contributed by atoms with Crippen LogP contribution >= 0.6 is 15.9 Å². The second-order valence-corrected chi connectivity index (χ2v) is 4.07. The summed E-state index contributed by atoms with van der Waals surface area (Å²) in [6.45, 7) is 6.46. The molecule has 0 aliphatic carbocycles. The Morgan fingerprint density at radius 2 is 1.62 bits per heavy atom. The first kappa shape index (κ1) is 10.6. The van der Waals surface area contributed by atoms with Crippen LogP contribution in [0.1, 0.15) is 16.7 Å². The molecule has 0 atom stereocenters. The molecule has 1 rings (SSSR count). The van der Waals surface area contributed by atoms with Crippen LogP contribution in [0.4, 0.5) is 5.69 Å². The van der Waals surface area contributed by atoms with Gasteiger partial charge in [0.05, 0.1) is 5.45 Å². The zero-order valence-corrected chi connectivity index (χ0v) is 10.3. The molecule has 0 radical (unpaired) electrons. The Morgan fingerprint density at radius 3 is 2.00 bits per heavy atom. The van der Waals surface area contributed by atoms with E-state index in [1.54, 1.807) is 0 Å². The van der Waals surface area contributed by atoms with Crippen molar-refractivity contribution in [1.82, 2.24) is 0 Å².